The van der Waals surface area contributed by atoms with Crippen LogP contribution in [0.25, 0.3) is 0 Å². The summed E-state index contributed by atoms with van der Waals surface area (Å²) in [5.74, 6) is -0.833. The van der Waals surface area contributed by atoms with Gasteiger partial charge < -0.3 is 15.2 Å². The van der Waals surface area contributed by atoms with Crippen molar-refractivity contribution in [2.45, 2.75) is 20.3 Å². The summed E-state index contributed by atoms with van der Waals surface area (Å²) in [5.41, 5.74) is 2.02. The third kappa shape index (κ3) is 544. The number of carbonyl (C=O) groups is 1. The Morgan fingerprint density at radius 2 is 1.62 bits per heavy atom. The molecule has 0 bridgehead atoms. The zero-order chi connectivity index (χ0) is 11.3. The quantitative estimate of drug-likeness (QED) is 0.563. The van der Waals surface area contributed by atoms with E-state index in [1.54, 1.807) is 0 Å². The van der Waals surface area contributed by atoms with Crippen molar-refractivity contribution in [2.75, 3.05) is 27.7 Å². The van der Waals surface area contributed by atoms with Gasteiger partial charge in [-0.05, 0) is 27.6 Å². The van der Waals surface area contributed by atoms with Crippen LogP contribution in [0.3, 0.4) is 0 Å². The van der Waals surface area contributed by atoms with E-state index in [4.69, 9.17) is 15.1 Å². The number of hydrogen-bond donors (Lipinski definition) is 3. The molecule has 0 unspecified atom stereocenters. The van der Waals surface area contributed by atoms with Gasteiger partial charge in [-0.1, -0.05) is 6.92 Å². The number of aliphatic carboxylic acids is 1. The molecule has 0 aliphatic carbocycles. The molecule has 0 aromatic heterocycles. The van der Waals surface area contributed by atoms with E-state index >= 15 is 0 Å². The first-order valence-electron chi connectivity index (χ1n) is 4.05. The summed E-state index contributed by atoms with van der Waals surface area (Å²) in [6, 6.07) is 0. The second-order valence-corrected chi connectivity index (χ2v) is 2.77. The van der Waals surface area contributed by atoms with Crippen LogP contribution in [0.4, 0.5) is 0 Å². The van der Waals surface area contributed by atoms with E-state index in [2.05, 4.69) is 0 Å². The van der Waals surface area contributed by atoms with E-state index in [1.165, 1.54) is 0 Å². The van der Waals surface area contributed by atoms with Gasteiger partial charge in [-0.2, -0.15) is 0 Å². The van der Waals surface area contributed by atoms with E-state index in [0.29, 0.717) is 6.54 Å². The van der Waals surface area contributed by atoms with Crippen molar-refractivity contribution < 1.29 is 15.1 Å². The maximum Gasteiger partial charge on any atom is 0.300 e. The second kappa shape index (κ2) is 17.4. The molecule has 3 N–H and O–H groups in total. The lowest BCUT2D eigenvalue weighted by Gasteiger charge is -1.90. The molecule has 0 amide bonds. The van der Waals surface area contributed by atoms with Gasteiger partial charge in [-0.3, -0.25) is 4.79 Å². The third-order valence-electron chi connectivity index (χ3n) is 0.362. The van der Waals surface area contributed by atoms with Gasteiger partial charge in [-0.15, -0.1) is 0 Å². The molecule has 0 fully saturated rings. The molecule has 5 heteroatoms. The molecule has 0 aromatic carbocycles. The first-order chi connectivity index (χ1) is 5.88. The Morgan fingerprint density at radius 1 is 1.38 bits per heavy atom. The predicted molar refractivity (Wildman–Crippen MR) is 53.0 cm³/mol. The van der Waals surface area contributed by atoms with E-state index in [0.717, 1.165) is 13.3 Å². The average molecular weight is 194 g/mol. The first-order valence-corrected chi connectivity index (χ1v) is 4.05. The van der Waals surface area contributed by atoms with Gasteiger partial charge >= 0.3 is 0 Å². The van der Waals surface area contributed by atoms with Crippen molar-refractivity contribution in [3.05, 3.63) is 0 Å². The number of carboxylic acid groups (broad SMARTS) is 1. The minimum atomic E-state index is -0.833. The highest BCUT2D eigenvalue weighted by atomic mass is 16.5. The van der Waals surface area contributed by atoms with Gasteiger partial charge in [0.2, 0.25) is 0 Å². The fourth-order valence-electron chi connectivity index (χ4n) is 0.112. The molecule has 0 rings (SSSR count). The Balaban J connectivity index is -0.000000117. The highest BCUT2D eigenvalue weighted by Gasteiger charge is 1.66. The topological polar surface area (TPSA) is 72.8 Å². The van der Waals surface area contributed by atoms with Crippen LogP contribution in [-0.4, -0.2) is 48.9 Å². The van der Waals surface area contributed by atoms with Crippen molar-refractivity contribution >= 4 is 5.97 Å². The highest BCUT2D eigenvalue weighted by Crippen LogP contribution is 1.62. The van der Waals surface area contributed by atoms with Crippen LogP contribution < -0.4 is 5.48 Å². The van der Waals surface area contributed by atoms with Crippen LogP contribution in [0.2, 0.25) is 0 Å². The summed E-state index contributed by atoms with van der Waals surface area (Å²) in [4.78, 5) is 11.0. The molecule has 0 saturated heterocycles. The molecule has 0 atom stereocenters. The van der Waals surface area contributed by atoms with Gasteiger partial charge in [0.05, 0.1) is 0 Å². The minimum absolute atomic E-state index is 0.694. The molecule has 0 aliphatic rings. The lowest BCUT2D eigenvalue weighted by molar-refractivity contribution is -0.134. The lowest BCUT2D eigenvalue weighted by Crippen LogP contribution is -2.06. The van der Waals surface area contributed by atoms with Crippen LogP contribution in [0.1, 0.15) is 20.3 Å². The summed E-state index contributed by atoms with van der Waals surface area (Å²) in [6.07, 6.45) is 0.983. The summed E-state index contributed by atoms with van der Waals surface area (Å²) in [7, 11) is 6.00. The van der Waals surface area contributed by atoms with Crippen molar-refractivity contribution in [3.63, 3.8) is 0 Å². The van der Waals surface area contributed by atoms with Crippen molar-refractivity contribution in [3.8, 4) is 0 Å². The van der Waals surface area contributed by atoms with Crippen LogP contribution >= 0.6 is 0 Å². The normalized spacial score (nSPS) is 7.92. The minimum Gasteiger partial charge on any atom is -0.481 e. The van der Waals surface area contributed by atoms with Crippen LogP contribution in [0.15, 0.2) is 0 Å². The SMILES string of the molecule is CC(=O)O.CCCNO.CN(C)C. The number of hydrogen-bond acceptors (Lipinski definition) is 4. The number of rotatable bonds is 2. The largest absolute Gasteiger partial charge is 0.481 e. The van der Waals surface area contributed by atoms with Crippen LogP contribution in [0, 0.1) is 0 Å². The summed E-state index contributed by atoms with van der Waals surface area (Å²) in [6.45, 7) is 3.77. The van der Waals surface area contributed by atoms with Gasteiger partial charge in [0.1, 0.15) is 0 Å². The first kappa shape index (κ1) is 18.2. The number of nitrogens with one attached hydrogen (secondary N) is 1. The predicted octanol–water partition coefficient (Wildman–Crippen LogP) is 0.644. The molecule has 0 saturated carbocycles. The Morgan fingerprint density at radius 3 is 1.62 bits per heavy atom. The Bertz CT molecular complexity index is 88.6. The molecular weight excluding hydrogens is 172 g/mol. The maximum absolute atomic E-state index is 9.00. The highest BCUT2D eigenvalue weighted by molar-refractivity contribution is 5.62. The number of hydroxylamine groups is 1. The lowest BCUT2D eigenvalue weighted by atomic mass is 10.5. The molecule has 13 heavy (non-hydrogen) atoms. The molecule has 0 radical (unpaired) electrons. The summed E-state index contributed by atoms with van der Waals surface area (Å²) >= 11 is 0. The van der Waals surface area contributed by atoms with E-state index in [1.807, 2.05) is 38.4 Å². The van der Waals surface area contributed by atoms with E-state index < -0.39 is 5.97 Å². The molecule has 0 heterocycles. The molecule has 0 aliphatic heterocycles. The Labute approximate surface area is 80.3 Å². The summed E-state index contributed by atoms with van der Waals surface area (Å²) in [5, 5.41) is 15.2. The molecule has 82 valence electrons. The molecule has 5 nitrogen and oxygen atoms in total. The monoisotopic (exact) mass is 194 g/mol. The Hall–Kier alpha value is -0.650. The van der Waals surface area contributed by atoms with E-state index in [-0.39, 0.29) is 0 Å². The average Bonchev–Trinajstić information content (AvgIpc) is 1.86. The van der Waals surface area contributed by atoms with Crippen molar-refractivity contribution in [2.24, 2.45) is 0 Å². The number of nitrogens with zero attached hydrogens (tertiary/aromatic N) is 1. The zero-order valence-electron chi connectivity index (χ0n) is 9.16. The second-order valence-electron chi connectivity index (χ2n) is 2.77. The fraction of sp³-hybridized carbons (Fsp3) is 0.875. The van der Waals surface area contributed by atoms with E-state index in [9.17, 15) is 0 Å². The van der Waals surface area contributed by atoms with Crippen molar-refractivity contribution in [1.29, 1.82) is 0 Å². The fourth-order valence-corrected chi connectivity index (χ4v) is 0.112. The smallest absolute Gasteiger partial charge is 0.300 e. The van der Waals surface area contributed by atoms with Gasteiger partial charge in [0.15, 0.2) is 0 Å². The Kier molecular flexibility index (Phi) is 24.4. The van der Waals surface area contributed by atoms with Crippen molar-refractivity contribution in [1.82, 2.24) is 10.4 Å². The standard InChI is InChI=1S/C3H9NO.C3H9N.C2H4O2/c1-2-3-4-5;1-4(2)3;1-2(3)4/h4-5H,2-3H2,1H3;1-3H3;1H3,(H,3,4). The van der Waals surface area contributed by atoms with Gasteiger partial charge in [0.25, 0.3) is 5.97 Å². The third-order valence-corrected chi connectivity index (χ3v) is 0.362. The van der Waals surface area contributed by atoms with Crippen LogP contribution in [0.5, 0.6) is 0 Å². The zero-order valence-corrected chi connectivity index (χ0v) is 9.16. The molecule has 0 spiro atoms. The van der Waals surface area contributed by atoms with Gasteiger partial charge in [0, 0.05) is 13.5 Å². The maximum atomic E-state index is 9.00. The number of carboxylic acids is 1. The molecular formula is C8H22N2O3. The summed E-state index contributed by atoms with van der Waals surface area (Å²) < 4.78 is 0. The van der Waals surface area contributed by atoms with Crippen LogP contribution in [-0.2, 0) is 4.79 Å². The van der Waals surface area contributed by atoms with Gasteiger partial charge in [-0.25, -0.2) is 5.48 Å². The molecule has 0 aromatic rings.